The summed E-state index contributed by atoms with van der Waals surface area (Å²) in [7, 11) is 1.64. The van der Waals surface area contributed by atoms with Gasteiger partial charge in [0, 0.05) is 66.6 Å². The van der Waals surface area contributed by atoms with Crippen molar-refractivity contribution in [1.29, 1.82) is 0 Å². The molecule has 1 unspecified atom stereocenters. The molecule has 1 aromatic carbocycles. The average Bonchev–Trinajstić information content (AvgIpc) is 2.88. The highest BCUT2D eigenvalue weighted by Gasteiger charge is 2.15. The molecule has 1 atom stereocenters. The highest BCUT2D eigenvalue weighted by molar-refractivity contribution is 14.2. The summed E-state index contributed by atoms with van der Waals surface area (Å²) < 4.78 is 7.85. The molecule has 1 aromatic heterocycles. The van der Waals surface area contributed by atoms with Gasteiger partial charge in [-0.05, 0) is 23.8 Å². The molecule has 2 aromatic rings. The standard InChI is InChI=1S/C15H18BrIN2O2S/c1-10(8-18-11(2)20)14-9-19(22-17)15-4-3-12(7-13(14)15)21-6-5-16/h3-4,7,9-10H,5-6,8H2,1-2H3,(H,18,20). The highest BCUT2D eigenvalue weighted by atomic mass is 127. The van der Waals surface area contributed by atoms with Gasteiger partial charge in [-0.25, -0.2) is 0 Å². The van der Waals surface area contributed by atoms with E-state index in [1.54, 1.807) is 16.0 Å². The topological polar surface area (TPSA) is 43.3 Å². The van der Waals surface area contributed by atoms with E-state index in [2.05, 4.69) is 71.7 Å². The fourth-order valence-electron chi connectivity index (χ4n) is 2.31. The molecule has 0 aliphatic heterocycles. The number of ether oxygens (including phenoxy) is 1. The molecule has 0 fully saturated rings. The van der Waals surface area contributed by atoms with E-state index in [1.807, 2.05) is 6.07 Å². The Labute approximate surface area is 155 Å². The summed E-state index contributed by atoms with van der Waals surface area (Å²) in [5.74, 6) is 1.11. The van der Waals surface area contributed by atoms with Crippen LogP contribution in [0.4, 0.5) is 0 Å². The molecule has 4 nitrogen and oxygen atoms in total. The lowest BCUT2D eigenvalue weighted by molar-refractivity contribution is -0.119. The molecule has 7 heteroatoms. The Balaban J connectivity index is 2.36. The first kappa shape index (κ1) is 17.9. The molecular weight excluding hydrogens is 479 g/mol. The molecule has 0 bridgehead atoms. The van der Waals surface area contributed by atoms with Crippen molar-refractivity contribution in [3.05, 3.63) is 30.0 Å². The van der Waals surface area contributed by atoms with Crippen molar-refractivity contribution in [2.45, 2.75) is 19.8 Å². The summed E-state index contributed by atoms with van der Waals surface area (Å²) >= 11 is 5.64. The Morgan fingerprint density at radius 2 is 2.32 bits per heavy atom. The summed E-state index contributed by atoms with van der Waals surface area (Å²) in [6.07, 6.45) is 2.14. The lowest BCUT2D eigenvalue weighted by atomic mass is 10.0. The Morgan fingerprint density at radius 1 is 1.55 bits per heavy atom. The van der Waals surface area contributed by atoms with Crippen molar-refractivity contribution in [2.75, 3.05) is 18.5 Å². The quantitative estimate of drug-likeness (QED) is 0.453. The molecule has 1 heterocycles. The Bertz CT molecular complexity index is 662. The number of nitrogens with one attached hydrogen (secondary N) is 1. The van der Waals surface area contributed by atoms with Gasteiger partial charge in [0.1, 0.15) is 5.75 Å². The molecular formula is C15H18BrIN2O2S. The van der Waals surface area contributed by atoms with Gasteiger partial charge in [0.05, 0.1) is 12.1 Å². The minimum absolute atomic E-state index is 0.000183. The van der Waals surface area contributed by atoms with Crippen LogP contribution in [-0.2, 0) is 4.79 Å². The van der Waals surface area contributed by atoms with Gasteiger partial charge < -0.3 is 10.1 Å². The summed E-state index contributed by atoms with van der Waals surface area (Å²) in [5, 5.41) is 4.87. The van der Waals surface area contributed by atoms with Gasteiger partial charge in [0.2, 0.25) is 5.91 Å². The maximum absolute atomic E-state index is 11.1. The van der Waals surface area contributed by atoms with E-state index in [-0.39, 0.29) is 11.8 Å². The van der Waals surface area contributed by atoms with Crippen LogP contribution < -0.4 is 10.1 Å². The molecule has 22 heavy (non-hydrogen) atoms. The maximum atomic E-state index is 11.1. The normalized spacial score (nSPS) is 12.4. The van der Waals surface area contributed by atoms with Crippen LogP contribution in [-0.4, -0.2) is 28.4 Å². The predicted molar refractivity (Wildman–Crippen MR) is 105 cm³/mol. The van der Waals surface area contributed by atoms with Crippen molar-refractivity contribution >= 4 is 63.1 Å². The molecule has 0 radical (unpaired) electrons. The second-order valence-electron chi connectivity index (χ2n) is 5.03. The van der Waals surface area contributed by atoms with Crippen molar-refractivity contribution in [3.63, 3.8) is 0 Å². The van der Waals surface area contributed by atoms with Crippen LogP contribution in [0.1, 0.15) is 25.3 Å². The first-order chi connectivity index (χ1) is 10.6. The van der Waals surface area contributed by atoms with Crippen molar-refractivity contribution in [3.8, 4) is 5.75 Å². The van der Waals surface area contributed by atoms with Gasteiger partial charge in [-0.1, -0.05) is 22.9 Å². The molecule has 0 aliphatic rings. The van der Waals surface area contributed by atoms with Crippen LogP contribution in [0.25, 0.3) is 10.9 Å². The number of nitrogens with zero attached hydrogens (tertiary/aromatic N) is 1. The van der Waals surface area contributed by atoms with Gasteiger partial charge in [0.15, 0.2) is 0 Å². The van der Waals surface area contributed by atoms with E-state index in [9.17, 15) is 4.79 Å². The minimum Gasteiger partial charge on any atom is -0.493 e. The van der Waals surface area contributed by atoms with Crippen LogP contribution in [0.3, 0.4) is 0 Å². The summed E-state index contributed by atoms with van der Waals surface area (Å²) in [4.78, 5) is 11.1. The van der Waals surface area contributed by atoms with Crippen LogP contribution in [0, 0.1) is 0 Å². The first-order valence-electron chi connectivity index (χ1n) is 6.94. The third-order valence-electron chi connectivity index (χ3n) is 3.38. The predicted octanol–water partition coefficient (Wildman–Crippen LogP) is 4.50. The van der Waals surface area contributed by atoms with Crippen LogP contribution in [0.5, 0.6) is 5.75 Å². The second kappa shape index (κ2) is 8.44. The van der Waals surface area contributed by atoms with Gasteiger partial charge in [0.25, 0.3) is 0 Å². The number of halogens is 2. The number of alkyl halides is 1. The lowest BCUT2D eigenvalue weighted by Crippen LogP contribution is -2.24. The number of hydrogen-bond donors (Lipinski definition) is 1. The van der Waals surface area contributed by atoms with E-state index in [0.29, 0.717) is 13.2 Å². The van der Waals surface area contributed by atoms with Crippen molar-refractivity contribution < 1.29 is 9.53 Å². The van der Waals surface area contributed by atoms with E-state index in [0.717, 1.165) is 16.6 Å². The molecule has 1 amide bonds. The van der Waals surface area contributed by atoms with Crippen molar-refractivity contribution in [1.82, 2.24) is 9.29 Å². The average molecular weight is 497 g/mol. The molecule has 0 saturated heterocycles. The maximum Gasteiger partial charge on any atom is 0.216 e. The number of hydrogen-bond acceptors (Lipinski definition) is 3. The largest absolute Gasteiger partial charge is 0.493 e. The van der Waals surface area contributed by atoms with Crippen LogP contribution in [0.15, 0.2) is 24.4 Å². The summed E-state index contributed by atoms with van der Waals surface area (Å²) in [5.41, 5.74) is 2.38. The fourth-order valence-corrected chi connectivity index (χ4v) is 3.83. The number of fused-ring (bicyclic) bond motifs is 1. The minimum atomic E-state index is 0.000183. The number of aromatic nitrogens is 1. The fraction of sp³-hybridized carbons (Fsp3) is 0.400. The number of amides is 1. The molecule has 2 rings (SSSR count). The lowest BCUT2D eigenvalue weighted by Gasteiger charge is -2.11. The zero-order valence-electron chi connectivity index (χ0n) is 12.4. The van der Waals surface area contributed by atoms with Gasteiger partial charge >= 0.3 is 0 Å². The number of benzene rings is 1. The Morgan fingerprint density at radius 3 is 2.95 bits per heavy atom. The molecule has 0 saturated carbocycles. The van der Waals surface area contributed by atoms with Gasteiger partial charge in [-0.2, -0.15) is 0 Å². The number of carbonyl (C=O) groups is 1. The van der Waals surface area contributed by atoms with Gasteiger partial charge in [-0.3, -0.25) is 8.77 Å². The SMILES string of the molecule is CC(=O)NCC(C)c1cn(SI)c2ccc(OCCBr)cc12. The Kier molecular flexibility index (Phi) is 6.88. The third-order valence-corrected chi connectivity index (χ3v) is 5.43. The van der Waals surface area contributed by atoms with Crippen LogP contribution in [0.2, 0.25) is 0 Å². The smallest absolute Gasteiger partial charge is 0.216 e. The van der Waals surface area contributed by atoms with E-state index in [4.69, 9.17) is 4.74 Å². The highest BCUT2D eigenvalue weighted by Crippen LogP contribution is 2.34. The van der Waals surface area contributed by atoms with E-state index < -0.39 is 0 Å². The number of rotatable bonds is 7. The summed E-state index contributed by atoms with van der Waals surface area (Å²) in [6, 6.07) is 6.16. The number of carbonyl (C=O) groups excluding carboxylic acids is 1. The molecule has 120 valence electrons. The summed E-state index contributed by atoms with van der Waals surface area (Å²) in [6.45, 7) is 4.94. The van der Waals surface area contributed by atoms with E-state index >= 15 is 0 Å². The molecule has 0 aliphatic carbocycles. The van der Waals surface area contributed by atoms with E-state index in [1.165, 1.54) is 10.9 Å². The molecule has 1 N–H and O–H groups in total. The zero-order valence-corrected chi connectivity index (χ0v) is 17.0. The second-order valence-corrected chi connectivity index (χ2v) is 7.54. The zero-order chi connectivity index (χ0) is 16.1. The van der Waals surface area contributed by atoms with Gasteiger partial charge in [-0.15, -0.1) is 0 Å². The first-order valence-corrected chi connectivity index (χ1v) is 11.4. The third kappa shape index (κ3) is 4.32. The van der Waals surface area contributed by atoms with Crippen LogP contribution >= 0.6 is 46.3 Å². The monoisotopic (exact) mass is 496 g/mol. The van der Waals surface area contributed by atoms with Crippen molar-refractivity contribution in [2.24, 2.45) is 0 Å². The Hall–Kier alpha value is -0.410. The molecule has 0 spiro atoms.